The molecule has 2 unspecified atom stereocenters. The van der Waals surface area contributed by atoms with E-state index in [2.05, 4.69) is 11.9 Å². The summed E-state index contributed by atoms with van der Waals surface area (Å²) in [7, 11) is 7.06. The van der Waals surface area contributed by atoms with Crippen LogP contribution in [0.25, 0.3) is 0 Å². The average Bonchev–Trinajstić information content (AvgIpc) is 2.50. The number of rotatable bonds is 5. The highest BCUT2D eigenvalue weighted by Gasteiger charge is 2.27. The van der Waals surface area contributed by atoms with Crippen LogP contribution < -0.4 is 19.9 Å². The Balaban J connectivity index is 2.27. The van der Waals surface area contributed by atoms with Crippen molar-refractivity contribution >= 4 is 0 Å². The molecule has 1 aliphatic rings. The number of ether oxygens (including phenoxy) is 3. The van der Waals surface area contributed by atoms with Crippen LogP contribution in [-0.4, -0.2) is 52.4 Å². The van der Waals surface area contributed by atoms with Gasteiger partial charge in [-0.3, -0.25) is 0 Å². The minimum Gasteiger partial charge on any atom is -0.493 e. The molecule has 0 saturated carbocycles. The van der Waals surface area contributed by atoms with E-state index >= 15 is 0 Å². The summed E-state index contributed by atoms with van der Waals surface area (Å²) in [6.07, 6.45) is 1.92. The molecule has 1 heterocycles. The first-order valence-corrected chi connectivity index (χ1v) is 7.32. The molecule has 1 aromatic rings. The first kappa shape index (κ1) is 15.9. The fourth-order valence-electron chi connectivity index (χ4n) is 3.05. The lowest BCUT2D eigenvalue weighted by atomic mass is 9.87. The third-order valence-electron chi connectivity index (χ3n) is 4.26. The van der Waals surface area contributed by atoms with Crippen LogP contribution in [-0.2, 0) is 6.42 Å². The third kappa shape index (κ3) is 3.41. The normalized spacial score (nSPS) is 22.9. The summed E-state index contributed by atoms with van der Waals surface area (Å²) >= 11 is 0. The summed E-state index contributed by atoms with van der Waals surface area (Å²) in [5.74, 6) is 2.51. The van der Waals surface area contributed by atoms with Crippen molar-refractivity contribution in [3.63, 3.8) is 0 Å². The van der Waals surface area contributed by atoms with Crippen molar-refractivity contribution in [3.05, 3.63) is 17.7 Å². The summed E-state index contributed by atoms with van der Waals surface area (Å²) in [6, 6.07) is 4.20. The third-order valence-corrected chi connectivity index (χ3v) is 4.26. The van der Waals surface area contributed by atoms with Crippen LogP contribution in [0.1, 0.15) is 12.0 Å². The number of methoxy groups -OCH3 is 3. The predicted molar refractivity (Wildman–Crippen MR) is 83.4 cm³/mol. The minimum absolute atomic E-state index is 0.235. The van der Waals surface area contributed by atoms with Gasteiger partial charge in [0, 0.05) is 12.6 Å². The lowest BCUT2D eigenvalue weighted by molar-refractivity contribution is 0.184. The molecule has 1 saturated heterocycles. The van der Waals surface area contributed by atoms with Gasteiger partial charge in [0.05, 0.1) is 21.3 Å². The van der Waals surface area contributed by atoms with E-state index in [1.807, 2.05) is 12.1 Å². The zero-order valence-corrected chi connectivity index (χ0v) is 13.4. The molecule has 0 bridgehead atoms. The van der Waals surface area contributed by atoms with Gasteiger partial charge < -0.3 is 24.8 Å². The zero-order valence-electron chi connectivity index (χ0n) is 13.4. The number of nitrogens with zero attached hydrogens (tertiary/aromatic N) is 1. The summed E-state index contributed by atoms with van der Waals surface area (Å²) in [5.41, 5.74) is 7.40. The van der Waals surface area contributed by atoms with Gasteiger partial charge in [0.25, 0.3) is 0 Å². The van der Waals surface area contributed by atoms with Gasteiger partial charge in [0.2, 0.25) is 5.75 Å². The van der Waals surface area contributed by atoms with Gasteiger partial charge >= 0.3 is 0 Å². The highest BCUT2D eigenvalue weighted by atomic mass is 16.5. The summed E-state index contributed by atoms with van der Waals surface area (Å²) in [6.45, 7) is 2.08. The van der Waals surface area contributed by atoms with E-state index in [9.17, 15) is 0 Å². The van der Waals surface area contributed by atoms with Crippen LogP contribution in [0.3, 0.4) is 0 Å². The van der Waals surface area contributed by atoms with Crippen LogP contribution in [0.5, 0.6) is 17.2 Å². The predicted octanol–water partition coefficient (Wildman–Crippen LogP) is 1.53. The van der Waals surface area contributed by atoms with Crippen molar-refractivity contribution < 1.29 is 14.2 Å². The molecule has 2 N–H and O–H groups in total. The molecule has 2 rings (SSSR count). The van der Waals surface area contributed by atoms with Crippen LogP contribution >= 0.6 is 0 Å². The van der Waals surface area contributed by atoms with Crippen molar-refractivity contribution in [2.45, 2.75) is 18.9 Å². The molecule has 0 amide bonds. The number of benzene rings is 1. The molecule has 118 valence electrons. The number of nitrogens with two attached hydrogens (primary N) is 1. The van der Waals surface area contributed by atoms with E-state index in [1.54, 1.807) is 21.3 Å². The molecule has 0 spiro atoms. The van der Waals surface area contributed by atoms with Crippen molar-refractivity contribution in [2.24, 2.45) is 11.7 Å². The quantitative estimate of drug-likeness (QED) is 0.892. The fraction of sp³-hybridized carbons (Fsp3) is 0.625. The molecule has 5 heteroatoms. The van der Waals surface area contributed by atoms with E-state index in [0.717, 1.165) is 37.2 Å². The second kappa shape index (κ2) is 7.00. The van der Waals surface area contributed by atoms with Gasteiger partial charge in [-0.15, -0.1) is 0 Å². The van der Waals surface area contributed by atoms with E-state index in [-0.39, 0.29) is 6.04 Å². The lowest BCUT2D eigenvalue weighted by Gasteiger charge is -2.35. The molecular weight excluding hydrogens is 268 g/mol. The standard InChI is InChI=1S/C16H26N2O3/c1-18-8-7-13(17)12(10-18)9-11-5-6-14(19-2)16(21-4)15(11)20-3/h5-6,12-13H,7-10,17H2,1-4H3. The van der Waals surface area contributed by atoms with E-state index in [4.69, 9.17) is 19.9 Å². The average molecular weight is 294 g/mol. The van der Waals surface area contributed by atoms with Crippen LogP contribution in [0.15, 0.2) is 12.1 Å². The van der Waals surface area contributed by atoms with Gasteiger partial charge in [0.15, 0.2) is 11.5 Å². The maximum Gasteiger partial charge on any atom is 0.203 e. The zero-order chi connectivity index (χ0) is 15.4. The number of hydrogen-bond donors (Lipinski definition) is 1. The lowest BCUT2D eigenvalue weighted by Crippen LogP contribution is -2.46. The van der Waals surface area contributed by atoms with E-state index in [1.165, 1.54) is 0 Å². The monoisotopic (exact) mass is 294 g/mol. The molecule has 1 aromatic carbocycles. The maximum absolute atomic E-state index is 6.28. The first-order valence-electron chi connectivity index (χ1n) is 7.32. The second-order valence-corrected chi connectivity index (χ2v) is 5.67. The van der Waals surface area contributed by atoms with Gasteiger partial charge in [-0.25, -0.2) is 0 Å². The van der Waals surface area contributed by atoms with Gasteiger partial charge in [0.1, 0.15) is 0 Å². The molecule has 0 aromatic heterocycles. The van der Waals surface area contributed by atoms with Crippen LogP contribution in [0.4, 0.5) is 0 Å². The van der Waals surface area contributed by atoms with Crippen molar-refractivity contribution in [1.82, 2.24) is 4.90 Å². The maximum atomic E-state index is 6.28. The van der Waals surface area contributed by atoms with E-state index < -0.39 is 0 Å². The molecule has 0 radical (unpaired) electrons. The molecule has 1 fully saturated rings. The Labute approximate surface area is 127 Å². The molecular formula is C16H26N2O3. The molecule has 21 heavy (non-hydrogen) atoms. The van der Waals surface area contributed by atoms with Gasteiger partial charge in [-0.1, -0.05) is 6.07 Å². The fourth-order valence-corrected chi connectivity index (χ4v) is 3.05. The Morgan fingerprint density at radius 1 is 1.14 bits per heavy atom. The molecule has 1 aliphatic heterocycles. The highest BCUT2D eigenvalue weighted by Crippen LogP contribution is 2.41. The van der Waals surface area contributed by atoms with Crippen molar-refractivity contribution in [2.75, 3.05) is 41.5 Å². The molecule has 0 aliphatic carbocycles. The van der Waals surface area contributed by atoms with Gasteiger partial charge in [-0.2, -0.15) is 0 Å². The Hall–Kier alpha value is -1.46. The second-order valence-electron chi connectivity index (χ2n) is 5.67. The van der Waals surface area contributed by atoms with Crippen molar-refractivity contribution in [3.8, 4) is 17.2 Å². The summed E-state index contributed by atoms with van der Waals surface area (Å²) < 4.78 is 16.3. The number of likely N-dealkylation sites (tertiary alicyclic amines) is 1. The molecule has 2 atom stereocenters. The number of piperidine rings is 1. The number of hydrogen-bond acceptors (Lipinski definition) is 5. The highest BCUT2D eigenvalue weighted by molar-refractivity contribution is 5.55. The summed E-state index contributed by atoms with van der Waals surface area (Å²) in [4.78, 5) is 2.33. The smallest absolute Gasteiger partial charge is 0.203 e. The Kier molecular flexibility index (Phi) is 5.31. The van der Waals surface area contributed by atoms with Crippen molar-refractivity contribution in [1.29, 1.82) is 0 Å². The Morgan fingerprint density at radius 2 is 1.86 bits per heavy atom. The van der Waals surface area contributed by atoms with Gasteiger partial charge in [-0.05, 0) is 44.0 Å². The first-order chi connectivity index (χ1) is 10.1. The van der Waals surface area contributed by atoms with Crippen LogP contribution in [0, 0.1) is 5.92 Å². The summed E-state index contributed by atoms with van der Waals surface area (Å²) in [5, 5.41) is 0. The topological polar surface area (TPSA) is 57.0 Å². The van der Waals surface area contributed by atoms with Crippen LogP contribution in [0.2, 0.25) is 0 Å². The SMILES string of the molecule is COc1ccc(CC2CN(C)CCC2N)c(OC)c1OC. The Bertz CT molecular complexity index is 479. The Morgan fingerprint density at radius 3 is 2.48 bits per heavy atom. The minimum atomic E-state index is 0.235. The molecule has 5 nitrogen and oxygen atoms in total. The largest absolute Gasteiger partial charge is 0.493 e. The van der Waals surface area contributed by atoms with E-state index in [0.29, 0.717) is 17.4 Å².